The zero-order chi connectivity index (χ0) is 20.7. The monoisotopic (exact) mass is 425 g/mol. The topological polar surface area (TPSA) is 78.0 Å². The lowest BCUT2D eigenvalue weighted by molar-refractivity contribution is -0.141. The highest BCUT2D eigenvalue weighted by molar-refractivity contribution is 7.89. The average Bonchev–Trinajstić information content (AvgIpc) is 3.07. The number of terminal acetylenes is 1. The van der Waals surface area contributed by atoms with Gasteiger partial charge in [-0.25, -0.2) is 18.2 Å². The molecule has 0 atom stereocenters. The molecule has 28 heavy (non-hydrogen) atoms. The molecular weight excluding hydrogens is 415 g/mol. The van der Waals surface area contributed by atoms with E-state index in [1.807, 2.05) is 0 Å². The maximum absolute atomic E-state index is 13.2. The normalized spacial score (nSPS) is 12.0. The van der Waals surface area contributed by atoms with Crippen LogP contribution in [0.15, 0.2) is 53.4 Å². The number of aromatic nitrogens is 2. The molecule has 1 heterocycles. The quantitative estimate of drug-likeness (QED) is 0.647. The van der Waals surface area contributed by atoms with E-state index in [1.165, 1.54) is 42.5 Å². The zero-order valence-corrected chi connectivity index (χ0v) is 15.5. The molecule has 2 N–H and O–H groups in total. The summed E-state index contributed by atoms with van der Waals surface area (Å²) in [6.07, 6.45) is 0.633. The van der Waals surface area contributed by atoms with Crippen LogP contribution in [0.1, 0.15) is 11.3 Å². The Morgan fingerprint density at radius 1 is 1.11 bits per heavy atom. The summed E-state index contributed by atoms with van der Waals surface area (Å²) in [5.74, 6) is 2.37. The molecule has 0 amide bonds. The lowest BCUT2D eigenvalue weighted by atomic mass is 10.1. The third-order valence-corrected chi connectivity index (χ3v) is 5.07. The van der Waals surface area contributed by atoms with Gasteiger partial charge in [0.05, 0.1) is 21.3 Å². The van der Waals surface area contributed by atoms with Crippen LogP contribution in [-0.4, -0.2) is 18.2 Å². The lowest BCUT2D eigenvalue weighted by Crippen LogP contribution is -2.12. The minimum absolute atomic E-state index is 0.0983. The van der Waals surface area contributed by atoms with Crippen molar-refractivity contribution in [3.05, 3.63) is 64.8 Å². The van der Waals surface area contributed by atoms with Gasteiger partial charge in [0.25, 0.3) is 0 Å². The lowest BCUT2D eigenvalue weighted by Gasteiger charge is -2.09. The van der Waals surface area contributed by atoms with Crippen LogP contribution in [0.3, 0.4) is 0 Å². The Bertz CT molecular complexity index is 1190. The van der Waals surface area contributed by atoms with Crippen LogP contribution >= 0.6 is 11.6 Å². The van der Waals surface area contributed by atoms with Crippen molar-refractivity contribution < 1.29 is 21.6 Å². The molecule has 0 saturated heterocycles. The number of primary sulfonamides is 1. The van der Waals surface area contributed by atoms with Gasteiger partial charge in [-0.15, -0.1) is 6.42 Å². The van der Waals surface area contributed by atoms with Crippen LogP contribution in [0.4, 0.5) is 13.2 Å². The molecule has 0 aliphatic carbocycles. The van der Waals surface area contributed by atoms with Crippen LogP contribution in [-0.2, 0) is 16.2 Å². The van der Waals surface area contributed by atoms with Crippen molar-refractivity contribution in [3.63, 3.8) is 0 Å². The van der Waals surface area contributed by atoms with Crippen molar-refractivity contribution in [1.82, 2.24) is 9.78 Å². The minimum Gasteiger partial charge on any atom is -0.233 e. The first-order chi connectivity index (χ1) is 13.0. The average molecular weight is 426 g/mol. The van der Waals surface area contributed by atoms with Crippen LogP contribution in [0, 0.1) is 12.3 Å². The van der Waals surface area contributed by atoms with E-state index >= 15 is 0 Å². The van der Waals surface area contributed by atoms with E-state index < -0.39 is 21.9 Å². The van der Waals surface area contributed by atoms with Crippen molar-refractivity contribution in [3.8, 4) is 29.3 Å². The van der Waals surface area contributed by atoms with E-state index in [0.29, 0.717) is 11.1 Å². The molecule has 0 aliphatic rings. The molecule has 0 saturated carbocycles. The highest BCUT2D eigenvalue weighted by Gasteiger charge is 2.35. The Hall–Kier alpha value is -2.80. The predicted octanol–water partition coefficient (Wildman–Crippen LogP) is 3.84. The standard InChI is InChI=1S/C18H11ClF3N3O2S/c1-2-11-3-4-12(9-15(11)19)16-10-17(18(20,21)22)24-25(16)13-5-7-14(8-6-13)28(23,26)27/h1,3-10H,(H2,23,26,27). The summed E-state index contributed by atoms with van der Waals surface area (Å²) in [6, 6.07) is 10.3. The Balaban J connectivity index is 2.19. The number of sulfonamides is 1. The molecular formula is C18H11ClF3N3O2S. The maximum atomic E-state index is 13.2. The molecule has 10 heteroatoms. The summed E-state index contributed by atoms with van der Waals surface area (Å²) in [5.41, 5.74) is -0.0704. The van der Waals surface area contributed by atoms with Crippen LogP contribution in [0.2, 0.25) is 5.02 Å². The summed E-state index contributed by atoms with van der Waals surface area (Å²) in [4.78, 5) is -0.178. The van der Waals surface area contributed by atoms with Gasteiger partial charge in [-0.1, -0.05) is 23.6 Å². The molecule has 144 valence electrons. The molecule has 0 aliphatic heterocycles. The van der Waals surface area contributed by atoms with E-state index in [1.54, 1.807) is 0 Å². The fourth-order valence-electron chi connectivity index (χ4n) is 2.49. The van der Waals surface area contributed by atoms with Gasteiger partial charge < -0.3 is 0 Å². The predicted molar refractivity (Wildman–Crippen MR) is 98.3 cm³/mol. The van der Waals surface area contributed by atoms with Gasteiger partial charge in [-0.3, -0.25) is 0 Å². The molecule has 5 nitrogen and oxygen atoms in total. The van der Waals surface area contributed by atoms with Crippen molar-refractivity contribution in [2.45, 2.75) is 11.1 Å². The van der Waals surface area contributed by atoms with Crippen LogP contribution < -0.4 is 5.14 Å². The highest BCUT2D eigenvalue weighted by Crippen LogP contribution is 2.34. The maximum Gasteiger partial charge on any atom is 0.435 e. The number of hydrogen-bond acceptors (Lipinski definition) is 3. The fourth-order valence-corrected chi connectivity index (χ4v) is 3.24. The Morgan fingerprint density at radius 3 is 2.25 bits per heavy atom. The molecule has 0 fully saturated rings. The molecule has 0 unspecified atom stereocenters. The number of hydrogen-bond donors (Lipinski definition) is 1. The van der Waals surface area contributed by atoms with Crippen molar-refractivity contribution in [1.29, 1.82) is 0 Å². The van der Waals surface area contributed by atoms with Crippen molar-refractivity contribution >= 4 is 21.6 Å². The first-order valence-corrected chi connectivity index (χ1v) is 9.50. The third-order valence-electron chi connectivity index (χ3n) is 3.83. The van der Waals surface area contributed by atoms with Gasteiger partial charge >= 0.3 is 6.18 Å². The molecule has 2 aromatic carbocycles. The van der Waals surface area contributed by atoms with E-state index in [-0.39, 0.29) is 21.3 Å². The number of halogens is 4. The Labute approximate surface area is 163 Å². The van der Waals surface area contributed by atoms with Crippen LogP contribution in [0.5, 0.6) is 0 Å². The SMILES string of the molecule is C#Cc1ccc(-c2cc(C(F)(F)F)nn2-c2ccc(S(N)(=O)=O)cc2)cc1Cl. The fraction of sp³-hybridized carbons (Fsp3) is 0.0556. The van der Waals surface area contributed by atoms with Gasteiger partial charge in [-0.05, 0) is 42.5 Å². The van der Waals surface area contributed by atoms with Gasteiger partial charge in [0.2, 0.25) is 10.0 Å². The minimum atomic E-state index is -4.68. The number of benzene rings is 2. The number of alkyl halides is 3. The van der Waals surface area contributed by atoms with Crippen LogP contribution in [0.25, 0.3) is 16.9 Å². The van der Waals surface area contributed by atoms with Crippen molar-refractivity contribution in [2.24, 2.45) is 5.14 Å². The van der Waals surface area contributed by atoms with Gasteiger partial charge in [0, 0.05) is 11.1 Å². The Kier molecular flexibility index (Phi) is 4.97. The second-order valence-electron chi connectivity index (χ2n) is 5.70. The summed E-state index contributed by atoms with van der Waals surface area (Å²) in [6.45, 7) is 0. The van der Waals surface area contributed by atoms with Gasteiger partial charge in [0.15, 0.2) is 5.69 Å². The second-order valence-corrected chi connectivity index (χ2v) is 7.67. The second kappa shape index (κ2) is 6.98. The Morgan fingerprint density at radius 2 is 1.75 bits per heavy atom. The van der Waals surface area contributed by atoms with E-state index in [0.717, 1.165) is 10.7 Å². The first kappa shape index (κ1) is 19.9. The largest absolute Gasteiger partial charge is 0.435 e. The molecule has 3 rings (SSSR count). The summed E-state index contributed by atoms with van der Waals surface area (Å²) in [7, 11) is -3.94. The molecule has 1 aromatic heterocycles. The van der Waals surface area contributed by atoms with Gasteiger partial charge in [-0.2, -0.15) is 18.3 Å². The number of nitrogens with zero attached hydrogens (tertiary/aromatic N) is 2. The number of nitrogens with two attached hydrogens (primary N) is 1. The third kappa shape index (κ3) is 3.89. The molecule has 3 aromatic rings. The zero-order valence-electron chi connectivity index (χ0n) is 13.9. The smallest absolute Gasteiger partial charge is 0.233 e. The molecule has 0 bridgehead atoms. The van der Waals surface area contributed by atoms with E-state index in [2.05, 4.69) is 11.0 Å². The number of rotatable bonds is 3. The highest BCUT2D eigenvalue weighted by atomic mass is 35.5. The van der Waals surface area contributed by atoms with Crippen molar-refractivity contribution in [2.75, 3.05) is 0 Å². The molecule has 0 radical (unpaired) electrons. The van der Waals surface area contributed by atoms with Gasteiger partial charge in [0.1, 0.15) is 0 Å². The summed E-state index contributed by atoms with van der Waals surface area (Å²) in [5, 5.41) is 8.86. The summed E-state index contributed by atoms with van der Waals surface area (Å²) < 4.78 is 63.4. The first-order valence-electron chi connectivity index (χ1n) is 7.58. The summed E-state index contributed by atoms with van der Waals surface area (Å²) >= 11 is 6.07. The molecule has 0 spiro atoms. The van der Waals surface area contributed by atoms with E-state index in [9.17, 15) is 21.6 Å². The van der Waals surface area contributed by atoms with E-state index in [4.69, 9.17) is 23.2 Å².